The van der Waals surface area contributed by atoms with Gasteiger partial charge in [-0.15, -0.1) is 0 Å². The molecule has 64 valence electrons. The minimum absolute atomic E-state index is 0.0850. The first kappa shape index (κ1) is 9.74. The van der Waals surface area contributed by atoms with E-state index in [1.165, 1.54) is 0 Å². The molecule has 0 heterocycles. The van der Waals surface area contributed by atoms with Crippen molar-refractivity contribution in [2.75, 3.05) is 13.1 Å². The van der Waals surface area contributed by atoms with Crippen LogP contribution in [0.5, 0.6) is 0 Å². The van der Waals surface area contributed by atoms with E-state index in [4.69, 9.17) is 11.1 Å². The minimum atomic E-state index is -0.214. The summed E-state index contributed by atoms with van der Waals surface area (Å²) in [5.41, 5.74) is 5.06. The zero-order chi connectivity index (χ0) is 8.69. The molecule has 0 radical (unpaired) electrons. The maximum atomic E-state index is 10.7. The van der Waals surface area contributed by atoms with Crippen molar-refractivity contribution in [3.63, 3.8) is 0 Å². The van der Waals surface area contributed by atoms with Crippen LogP contribution in [-0.2, 0) is 0 Å². The summed E-state index contributed by atoms with van der Waals surface area (Å²) in [5, 5.41) is 11.9. The Labute approximate surface area is 65.9 Å². The number of rotatable bonds is 4. The summed E-state index contributed by atoms with van der Waals surface area (Å²) in [4.78, 5) is 10.7. The van der Waals surface area contributed by atoms with Crippen LogP contribution in [-0.4, -0.2) is 25.0 Å². The predicted octanol–water partition coefficient (Wildman–Crippen LogP) is -0.368. The van der Waals surface area contributed by atoms with Crippen LogP contribution in [0.1, 0.15) is 13.3 Å². The van der Waals surface area contributed by atoms with Crippen LogP contribution in [0.15, 0.2) is 0 Å². The third kappa shape index (κ3) is 6.63. The van der Waals surface area contributed by atoms with Crippen molar-refractivity contribution >= 4 is 11.9 Å². The highest BCUT2D eigenvalue weighted by atomic mass is 16.2. The Hall–Kier alpha value is -1.26. The first-order valence-electron chi connectivity index (χ1n) is 3.51. The van der Waals surface area contributed by atoms with Crippen molar-refractivity contribution in [2.45, 2.75) is 13.3 Å². The molecule has 0 aliphatic rings. The lowest BCUT2D eigenvalue weighted by Gasteiger charge is -2.03. The third-order valence-electron chi connectivity index (χ3n) is 1.02. The van der Waals surface area contributed by atoms with Crippen molar-refractivity contribution in [3.05, 3.63) is 0 Å². The molecule has 0 fully saturated rings. The Morgan fingerprint density at radius 2 is 2.18 bits per heavy atom. The highest BCUT2D eigenvalue weighted by Crippen LogP contribution is 1.73. The summed E-state index contributed by atoms with van der Waals surface area (Å²) >= 11 is 0. The lowest BCUT2D eigenvalue weighted by atomic mass is 10.4. The number of amides is 2. The van der Waals surface area contributed by atoms with Gasteiger partial charge in [-0.05, 0) is 6.92 Å². The zero-order valence-corrected chi connectivity index (χ0v) is 6.61. The SMILES string of the molecule is CCNC(=O)NCCC(=N)N. The van der Waals surface area contributed by atoms with E-state index >= 15 is 0 Å². The summed E-state index contributed by atoms with van der Waals surface area (Å²) < 4.78 is 0. The van der Waals surface area contributed by atoms with Gasteiger partial charge in [0, 0.05) is 19.5 Å². The van der Waals surface area contributed by atoms with Gasteiger partial charge in [0.2, 0.25) is 0 Å². The molecule has 0 aliphatic carbocycles. The monoisotopic (exact) mass is 158 g/mol. The number of carbonyl (C=O) groups is 1. The van der Waals surface area contributed by atoms with Crippen molar-refractivity contribution in [2.24, 2.45) is 5.73 Å². The van der Waals surface area contributed by atoms with E-state index in [-0.39, 0.29) is 11.9 Å². The highest BCUT2D eigenvalue weighted by molar-refractivity contribution is 5.78. The molecule has 0 spiro atoms. The Kier molecular flexibility index (Phi) is 4.89. The second-order valence-corrected chi connectivity index (χ2v) is 2.06. The minimum Gasteiger partial charge on any atom is -0.388 e. The van der Waals surface area contributed by atoms with Crippen molar-refractivity contribution in [1.82, 2.24) is 10.6 Å². The van der Waals surface area contributed by atoms with Gasteiger partial charge in [-0.2, -0.15) is 0 Å². The topological polar surface area (TPSA) is 91.0 Å². The first-order valence-corrected chi connectivity index (χ1v) is 3.51. The molecule has 0 aromatic heterocycles. The maximum absolute atomic E-state index is 10.7. The molecule has 5 nitrogen and oxygen atoms in total. The number of amidine groups is 1. The van der Waals surface area contributed by atoms with Crippen molar-refractivity contribution in [3.8, 4) is 0 Å². The summed E-state index contributed by atoms with van der Waals surface area (Å²) in [7, 11) is 0. The number of carbonyl (C=O) groups excluding carboxylic acids is 1. The first-order chi connectivity index (χ1) is 5.16. The normalized spacial score (nSPS) is 8.82. The molecule has 2 amide bonds. The Morgan fingerprint density at radius 3 is 2.64 bits per heavy atom. The quantitative estimate of drug-likeness (QED) is 0.332. The molecule has 0 aromatic rings. The average molecular weight is 158 g/mol. The van der Waals surface area contributed by atoms with E-state index in [9.17, 15) is 4.79 Å². The van der Waals surface area contributed by atoms with Gasteiger partial charge in [-0.3, -0.25) is 5.41 Å². The number of hydrogen-bond donors (Lipinski definition) is 4. The molecule has 0 unspecified atom stereocenters. The molecule has 0 atom stereocenters. The molecule has 0 bridgehead atoms. The highest BCUT2D eigenvalue weighted by Gasteiger charge is 1.95. The largest absolute Gasteiger partial charge is 0.388 e. The van der Waals surface area contributed by atoms with Gasteiger partial charge >= 0.3 is 6.03 Å². The van der Waals surface area contributed by atoms with Crippen LogP contribution in [0.3, 0.4) is 0 Å². The maximum Gasteiger partial charge on any atom is 0.314 e. The fraction of sp³-hybridized carbons (Fsp3) is 0.667. The van der Waals surface area contributed by atoms with E-state index < -0.39 is 0 Å². The van der Waals surface area contributed by atoms with Crippen molar-refractivity contribution < 1.29 is 4.79 Å². The average Bonchev–Trinajstić information content (AvgIpc) is 1.87. The van der Waals surface area contributed by atoms with Gasteiger partial charge in [-0.1, -0.05) is 0 Å². The van der Waals surface area contributed by atoms with Gasteiger partial charge in [0.25, 0.3) is 0 Å². The molecule has 11 heavy (non-hydrogen) atoms. The lowest BCUT2D eigenvalue weighted by Crippen LogP contribution is -2.36. The summed E-state index contributed by atoms with van der Waals surface area (Å²) in [6.07, 6.45) is 0.400. The molecule has 0 rings (SSSR count). The van der Waals surface area contributed by atoms with E-state index in [0.29, 0.717) is 19.5 Å². The Balaban J connectivity index is 3.24. The predicted molar refractivity (Wildman–Crippen MR) is 43.6 cm³/mol. The summed E-state index contributed by atoms with van der Waals surface area (Å²) in [5.74, 6) is 0.0850. The molecule has 5 N–H and O–H groups in total. The fourth-order valence-electron chi connectivity index (χ4n) is 0.534. The lowest BCUT2D eigenvalue weighted by molar-refractivity contribution is 0.241. The molecule has 0 aliphatic heterocycles. The molecule has 0 aromatic carbocycles. The van der Waals surface area contributed by atoms with Crippen LogP contribution in [0.4, 0.5) is 4.79 Å². The van der Waals surface area contributed by atoms with Crippen LogP contribution < -0.4 is 16.4 Å². The number of nitrogens with one attached hydrogen (secondary N) is 3. The van der Waals surface area contributed by atoms with Gasteiger partial charge in [-0.25, -0.2) is 4.79 Å². The van der Waals surface area contributed by atoms with Crippen LogP contribution in [0.25, 0.3) is 0 Å². The van der Waals surface area contributed by atoms with Gasteiger partial charge in [0.05, 0.1) is 5.84 Å². The van der Waals surface area contributed by atoms with Gasteiger partial charge < -0.3 is 16.4 Å². The molecule has 5 heteroatoms. The molecular weight excluding hydrogens is 144 g/mol. The van der Waals surface area contributed by atoms with Gasteiger partial charge in [0.15, 0.2) is 0 Å². The fourth-order valence-corrected chi connectivity index (χ4v) is 0.534. The van der Waals surface area contributed by atoms with Crippen LogP contribution in [0.2, 0.25) is 0 Å². The number of hydrogen-bond acceptors (Lipinski definition) is 2. The Bertz CT molecular complexity index is 146. The van der Waals surface area contributed by atoms with Gasteiger partial charge in [0.1, 0.15) is 0 Å². The van der Waals surface area contributed by atoms with E-state index in [1.807, 2.05) is 6.92 Å². The van der Waals surface area contributed by atoms with Crippen molar-refractivity contribution in [1.29, 1.82) is 5.41 Å². The number of nitrogens with two attached hydrogens (primary N) is 1. The van der Waals surface area contributed by atoms with Crippen LogP contribution >= 0.6 is 0 Å². The van der Waals surface area contributed by atoms with E-state index in [1.54, 1.807) is 0 Å². The molecule has 0 saturated heterocycles. The van der Waals surface area contributed by atoms with E-state index in [0.717, 1.165) is 0 Å². The molecular formula is C6H14N4O. The van der Waals surface area contributed by atoms with E-state index in [2.05, 4.69) is 10.6 Å². The smallest absolute Gasteiger partial charge is 0.314 e. The summed E-state index contributed by atoms with van der Waals surface area (Å²) in [6, 6.07) is -0.214. The molecule has 0 saturated carbocycles. The second-order valence-electron chi connectivity index (χ2n) is 2.06. The summed E-state index contributed by atoms with van der Waals surface area (Å²) in [6.45, 7) is 2.86. The second kappa shape index (κ2) is 5.52. The third-order valence-corrected chi connectivity index (χ3v) is 1.02. The standard InChI is InChI=1S/C6H14N4O/c1-2-9-6(11)10-4-3-5(7)8/h2-4H2,1H3,(H3,7,8)(H2,9,10,11). The Morgan fingerprint density at radius 1 is 1.55 bits per heavy atom. The van der Waals surface area contributed by atoms with Crippen LogP contribution in [0, 0.1) is 5.41 Å². The number of urea groups is 1. The zero-order valence-electron chi connectivity index (χ0n) is 6.61.